The first-order valence-electron chi connectivity index (χ1n) is 6.22. The highest BCUT2D eigenvalue weighted by atomic mass is 35.5. The van der Waals surface area contributed by atoms with Crippen LogP contribution in [0.1, 0.15) is 15.9 Å². The Morgan fingerprint density at radius 2 is 2.00 bits per heavy atom. The van der Waals surface area contributed by atoms with Gasteiger partial charge in [-0.25, -0.2) is 4.98 Å². The van der Waals surface area contributed by atoms with Crippen LogP contribution in [0.15, 0.2) is 36.4 Å². The molecule has 0 radical (unpaired) electrons. The van der Waals surface area contributed by atoms with Gasteiger partial charge in [-0.2, -0.15) is 0 Å². The molecule has 4 nitrogen and oxygen atoms in total. The standard InChI is InChI=1S/C15H16ClN3O/c1-10-6-4-5-7-12(10)19(3)15(20)11-8-13(16)18-14(9-11)17-2/h4-9H,1-3H3,(H,17,18). The lowest BCUT2D eigenvalue weighted by molar-refractivity contribution is 0.0993. The molecule has 0 saturated carbocycles. The van der Waals surface area contributed by atoms with E-state index in [-0.39, 0.29) is 5.91 Å². The number of nitrogens with one attached hydrogen (secondary N) is 1. The third-order valence-electron chi connectivity index (χ3n) is 3.08. The van der Waals surface area contributed by atoms with E-state index in [1.165, 1.54) is 0 Å². The molecule has 1 aromatic heterocycles. The summed E-state index contributed by atoms with van der Waals surface area (Å²) in [6, 6.07) is 11.0. The van der Waals surface area contributed by atoms with Crippen LogP contribution in [0.5, 0.6) is 0 Å². The van der Waals surface area contributed by atoms with Gasteiger partial charge < -0.3 is 10.2 Å². The van der Waals surface area contributed by atoms with Gasteiger partial charge in [0.2, 0.25) is 0 Å². The first kappa shape index (κ1) is 14.3. The molecular weight excluding hydrogens is 274 g/mol. The number of halogens is 1. The Kier molecular flexibility index (Phi) is 4.25. The van der Waals surface area contributed by atoms with E-state index in [0.29, 0.717) is 16.5 Å². The molecule has 0 aliphatic rings. The minimum Gasteiger partial charge on any atom is -0.373 e. The van der Waals surface area contributed by atoms with Crippen LogP contribution in [-0.4, -0.2) is 25.0 Å². The van der Waals surface area contributed by atoms with Crippen molar-refractivity contribution >= 4 is 29.0 Å². The number of rotatable bonds is 3. The molecule has 2 aromatic rings. The second-order valence-corrected chi connectivity index (χ2v) is 4.85. The molecule has 5 heteroatoms. The van der Waals surface area contributed by atoms with Gasteiger partial charge in [0.1, 0.15) is 11.0 Å². The normalized spacial score (nSPS) is 10.2. The lowest BCUT2D eigenvalue weighted by atomic mass is 10.1. The Morgan fingerprint density at radius 3 is 2.65 bits per heavy atom. The van der Waals surface area contributed by atoms with Gasteiger partial charge in [0.15, 0.2) is 0 Å². The van der Waals surface area contributed by atoms with Crippen LogP contribution < -0.4 is 10.2 Å². The molecule has 0 fully saturated rings. The summed E-state index contributed by atoms with van der Waals surface area (Å²) in [5.74, 6) is 0.444. The van der Waals surface area contributed by atoms with Crippen LogP contribution >= 0.6 is 11.6 Å². The molecule has 0 atom stereocenters. The summed E-state index contributed by atoms with van der Waals surface area (Å²) in [5, 5.41) is 3.18. The molecule has 1 aromatic carbocycles. The average molecular weight is 290 g/mol. The Hall–Kier alpha value is -2.07. The zero-order chi connectivity index (χ0) is 14.7. The van der Waals surface area contributed by atoms with E-state index < -0.39 is 0 Å². The van der Waals surface area contributed by atoms with Crippen molar-refractivity contribution in [3.05, 3.63) is 52.7 Å². The number of nitrogens with zero attached hydrogens (tertiary/aromatic N) is 2. The van der Waals surface area contributed by atoms with Gasteiger partial charge in [-0.3, -0.25) is 4.79 Å². The number of carbonyl (C=O) groups is 1. The lowest BCUT2D eigenvalue weighted by Gasteiger charge is -2.19. The fourth-order valence-corrected chi connectivity index (χ4v) is 2.20. The third-order valence-corrected chi connectivity index (χ3v) is 3.27. The quantitative estimate of drug-likeness (QED) is 0.881. The Balaban J connectivity index is 2.36. The van der Waals surface area contributed by atoms with E-state index in [2.05, 4.69) is 10.3 Å². The van der Waals surface area contributed by atoms with Gasteiger partial charge in [0.25, 0.3) is 5.91 Å². The molecule has 0 bridgehead atoms. The van der Waals surface area contributed by atoms with Gasteiger partial charge in [-0.05, 0) is 30.7 Å². The van der Waals surface area contributed by atoms with Crippen LogP contribution in [-0.2, 0) is 0 Å². The van der Waals surface area contributed by atoms with E-state index in [9.17, 15) is 4.79 Å². The van der Waals surface area contributed by atoms with Crippen molar-refractivity contribution in [2.75, 3.05) is 24.3 Å². The van der Waals surface area contributed by atoms with E-state index in [1.54, 1.807) is 31.1 Å². The predicted octanol–water partition coefficient (Wildman–Crippen LogP) is 3.36. The van der Waals surface area contributed by atoms with Crippen molar-refractivity contribution in [2.45, 2.75) is 6.92 Å². The van der Waals surface area contributed by atoms with Crippen LogP contribution in [0, 0.1) is 6.92 Å². The number of para-hydroxylation sites is 1. The summed E-state index contributed by atoms with van der Waals surface area (Å²) in [4.78, 5) is 18.2. The van der Waals surface area contributed by atoms with Gasteiger partial charge in [0.05, 0.1) is 0 Å². The maximum Gasteiger partial charge on any atom is 0.258 e. The molecule has 1 amide bonds. The predicted molar refractivity (Wildman–Crippen MR) is 82.7 cm³/mol. The second kappa shape index (κ2) is 5.92. The van der Waals surface area contributed by atoms with E-state index in [1.807, 2.05) is 31.2 Å². The second-order valence-electron chi connectivity index (χ2n) is 4.46. The molecule has 0 aliphatic heterocycles. The Labute approximate surface area is 123 Å². The van der Waals surface area contributed by atoms with Crippen molar-refractivity contribution in [2.24, 2.45) is 0 Å². The topological polar surface area (TPSA) is 45.2 Å². The van der Waals surface area contributed by atoms with E-state index >= 15 is 0 Å². The summed E-state index contributed by atoms with van der Waals surface area (Å²) in [6.45, 7) is 1.97. The van der Waals surface area contributed by atoms with Crippen molar-refractivity contribution < 1.29 is 4.79 Å². The number of hydrogen-bond donors (Lipinski definition) is 1. The fourth-order valence-electron chi connectivity index (χ4n) is 1.99. The summed E-state index contributed by atoms with van der Waals surface area (Å²) < 4.78 is 0. The number of benzene rings is 1. The lowest BCUT2D eigenvalue weighted by Crippen LogP contribution is -2.27. The van der Waals surface area contributed by atoms with Crippen molar-refractivity contribution in [1.82, 2.24) is 4.98 Å². The number of carbonyl (C=O) groups excluding carboxylic acids is 1. The first-order chi connectivity index (χ1) is 9.52. The Morgan fingerprint density at radius 1 is 1.30 bits per heavy atom. The highest BCUT2D eigenvalue weighted by molar-refractivity contribution is 6.30. The van der Waals surface area contributed by atoms with E-state index in [4.69, 9.17) is 11.6 Å². The SMILES string of the molecule is CNc1cc(C(=O)N(C)c2ccccc2C)cc(Cl)n1. The number of aryl methyl sites for hydroxylation is 1. The van der Waals surface area contributed by atoms with Crippen molar-refractivity contribution in [1.29, 1.82) is 0 Å². The number of amides is 1. The number of pyridine rings is 1. The highest BCUT2D eigenvalue weighted by Crippen LogP contribution is 2.22. The zero-order valence-electron chi connectivity index (χ0n) is 11.6. The minimum absolute atomic E-state index is 0.125. The molecule has 1 heterocycles. The van der Waals surface area contributed by atoms with Crippen LogP contribution in [0.25, 0.3) is 0 Å². The maximum absolute atomic E-state index is 12.5. The zero-order valence-corrected chi connectivity index (χ0v) is 12.4. The number of aromatic nitrogens is 1. The first-order valence-corrected chi connectivity index (χ1v) is 6.59. The van der Waals surface area contributed by atoms with Crippen molar-refractivity contribution in [3.63, 3.8) is 0 Å². The van der Waals surface area contributed by atoms with E-state index in [0.717, 1.165) is 11.3 Å². The molecule has 104 valence electrons. The van der Waals surface area contributed by atoms with Gasteiger partial charge >= 0.3 is 0 Å². The molecule has 0 aliphatic carbocycles. The van der Waals surface area contributed by atoms with Gasteiger partial charge in [-0.1, -0.05) is 29.8 Å². The van der Waals surface area contributed by atoms with Crippen molar-refractivity contribution in [3.8, 4) is 0 Å². The highest BCUT2D eigenvalue weighted by Gasteiger charge is 2.16. The monoisotopic (exact) mass is 289 g/mol. The summed E-state index contributed by atoms with van der Waals surface area (Å²) in [5.41, 5.74) is 2.41. The van der Waals surface area contributed by atoms with Gasteiger partial charge in [0, 0.05) is 25.3 Å². The maximum atomic E-state index is 12.5. The van der Waals surface area contributed by atoms with Gasteiger partial charge in [-0.15, -0.1) is 0 Å². The number of hydrogen-bond acceptors (Lipinski definition) is 3. The summed E-state index contributed by atoms with van der Waals surface area (Å²) in [7, 11) is 3.48. The average Bonchev–Trinajstić information content (AvgIpc) is 2.45. The largest absolute Gasteiger partial charge is 0.373 e. The third kappa shape index (κ3) is 2.91. The van der Waals surface area contributed by atoms with Crippen LogP contribution in [0.3, 0.4) is 0 Å². The molecule has 1 N–H and O–H groups in total. The molecule has 0 spiro atoms. The molecule has 0 unspecified atom stereocenters. The summed E-state index contributed by atoms with van der Waals surface area (Å²) >= 11 is 5.93. The Bertz CT molecular complexity index is 643. The molecule has 20 heavy (non-hydrogen) atoms. The fraction of sp³-hybridized carbons (Fsp3) is 0.200. The molecule has 2 rings (SSSR count). The smallest absolute Gasteiger partial charge is 0.258 e. The molecular formula is C15H16ClN3O. The van der Waals surface area contributed by atoms with Crippen LogP contribution in [0.2, 0.25) is 5.15 Å². The van der Waals surface area contributed by atoms with Crippen LogP contribution in [0.4, 0.5) is 11.5 Å². The summed E-state index contributed by atoms with van der Waals surface area (Å²) in [6.07, 6.45) is 0. The minimum atomic E-state index is -0.125. The molecule has 0 saturated heterocycles. The number of anilines is 2.